The number of carbonyl (C=O) groups is 1. The standard InChI is InChI=1S/C15H20N4O2S/c1-11-6-16-19(7-11)12-4-3-5-18(8-12)15(20)13-10-22-14(17-13)9-21-2/h6-7,10,12H,3-5,8-9H2,1-2H3/t12-/m1/s1. The van der Waals surface area contributed by atoms with Crippen LogP contribution in [0.3, 0.4) is 0 Å². The molecule has 0 radical (unpaired) electrons. The summed E-state index contributed by atoms with van der Waals surface area (Å²) in [4.78, 5) is 18.8. The lowest BCUT2D eigenvalue weighted by atomic mass is 10.1. The van der Waals surface area contributed by atoms with Crippen LogP contribution in [0.25, 0.3) is 0 Å². The number of methoxy groups -OCH3 is 1. The Balaban J connectivity index is 1.69. The van der Waals surface area contributed by atoms with Gasteiger partial charge in [-0.1, -0.05) is 0 Å². The van der Waals surface area contributed by atoms with Crippen molar-refractivity contribution >= 4 is 17.2 Å². The van der Waals surface area contributed by atoms with Gasteiger partial charge in [-0.05, 0) is 25.3 Å². The molecule has 1 aliphatic heterocycles. The van der Waals surface area contributed by atoms with E-state index in [2.05, 4.69) is 10.1 Å². The van der Waals surface area contributed by atoms with E-state index in [0.717, 1.165) is 30.0 Å². The van der Waals surface area contributed by atoms with E-state index in [4.69, 9.17) is 4.74 Å². The number of aryl methyl sites for hydroxylation is 1. The molecule has 1 aliphatic rings. The second-order valence-electron chi connectivity index (χ2n) is 5.60. The SMILES string of the molecule is COCc1nc(C(=O)N2CCC[C@@H](n3cc(C)cn3)C2)cs1. The minimum Gasteiger partial charge on any atom is -0.378 e. The molecule has 0 saturated carbocycles. The fourth-order valence-corrected chi connectivity index (χ4v) is 3.49. The molecule has 0 unspecified atom stereocenters. The lowest BCUT2D eigenvalue weighted by Gasteiger charge is -2.32. The highest BCUT2D eigenvalue weighted by Crippen LogP contribution is 2.23. The van der Waals surface area contributed by atoms with Gasteiger partial charge >= 0.3 is 0 Å². The number of likely N-dealkylation sites (tertiary alicyclic amines) is 1. The average molecular weight is 320 g/mol. The number of piperidine rings is 1. The van der Waals surface area contributed by atoms with Gasteiger partial charge in [0.1, 0.15) is 10.7 Å². The van der Waals surface area contributed by atoms with Gasteiger partial charge in [0.15, 0.2) is 0 Å². The zero-order chi connectivity index (χ0) is 15.5. The summed E-state index contributed by atoms with van der Waals surface area (Å²) in [5.41, 5.74) is 1.67. The third-order valence-corrected chi connectivity index (χ3v) is 4.65. The molecular formula is C15H20N4O2S. The van der Waals surface area contributed by atoms with Gasteiger partial charge in [-0.25, -0.2) is 4.98 Å². The van der Waals surface area contributed by atoms with Crippen molar-refractivity contribution < 1.29 is 9.53 Å². The van der Waals surface area contributed by atoms with Gasteiger partial charge < -0.3 is 9.64 Å². The van der Waals surface area contributed by atoms with Crippen LogP contribution in [0.4, 0.5) is 0 Å². The summed E-state index contributed by atoms with van der Waals surface area (Å²) >= 11 is 1.47. The van der Waals surface area contributed by atoms with E-state index in [1.807, 2.05) is 34.3 Å². The number of ether oxygens (including phenoxy) is 1. The molecule has 1 atom stereocenters. The van der Waals surface area contributed by atoms with Crippen molar-refractivity contribution in [3.63, 3.8) is 0 Å². The number of thiazole rings is 1. The van der Waals surface area contributed by atoms with Crippen LogP contribution in [0.5, 0.6) is 0 Å². The summed E-state index contributed by atoms with van der Waals surface area (Å²) < 4.78 is 7.03. The summed E-state index contributed by atoms with van der Waals surface area (Å²) in [6.45, 7) is 3.96. The summed E-state index contributed by atoms with van der Waals surface area (Å²) in [6, 6.07) is 0.253. The number of carbonyl (C=O) groups excluding carboxylic acids is 1. The van der Waals surface area contributed by atoms with E-state index < -0.39 is 0 Å². The second-order valence-corrected chi connectivity index (χ2v) is 6.55. The Morgan fingerprint density at radius 2 is 2.41 bits per heavy atom. The molecule has 118 valence electrons. The molecule has 3 heterocycles. The van der Waals surface area contributed by atoms with Gasteiger partial charge in [0, 0.05) is 31.8 Å². The Morgan fingerprint density at radius 3 is 3.14 bits per heavy atom. The van der Waals surface area contributed by atoms with Crippen LogP contribution in [0, 0.1) is 6.92 Å². The molecule has 0 aromatic carbocycles. The molecule has 22 heavy (non-hydrogen) atoms. The van der Waals surface area contributed by atoms with E-state index in [9.17, 15) is 4.79 Å². The monoisotopic (exact) mass is 320 g/mol. The number of rotatable bonds is 4. The summed E-state index contributed by atoms with van der Waals surface area (Å²) in [5, 5.41) is 7.04. The van der Waals surface area contributed by atoms with Gasteiger partial charge in [-0.3, -0.25) is 9.48 Å². The van der Waals surface area contributed by atoms with Crippen LogP contribution in [-0.4, -0.2) is 45.8 Å². The van der Waals surface area contributed by atoms with Crippen molar-refractivity contribution in [2.24, 2.45) is 0 Å². The largest absolute Gasteiger partial charge is 0.378 e. The third-order valence-electron chi connectivity index (χ3n) is 3.83. The van der Waals surface area contributed by atoms with E-state index in [0.29, 0.717) is 18.8 Å². The van der Waals surface area contributed by atoms with Crippen LogP contribution >= 0.6 is 11.3 Å². The second kappa shape index (κ2) is 6.58. The maximum atomic E-state index is 12.6. The minimum atomic E-state index is 0.00665. The van der Waals surface area contributed by atoms with Crippen LogP contribution in [0.1, 0.15) is 39.9 Å². The average Bonchev–Trinajstić information content (AvgIpc) is 3.16. The van der Waals surface area contributed by atoms with Gasteiger partial charge in [0.05, 0.1) is 18.8 Å². The normalized spacial score (nSPS) is 18.6. The predicted molar refractivity (Wildman–Crippen MR) is 84.0 cm³/mol. The summed E-state index contributed by atoms with van der Waals surface area (Å²) in [6.07, 6.45) is 5.94. The van der Waals surface area contributed by atoms with Crippen LogP contribution in [0.15, 0.2) is 17.8 Å². The molecular weight excluding hydrogens is 300 g/mol. The molecule has 0 N–H and O–H groups in total. The van der Waals surface area contributed by atoms with E-state index in [1.54, 1.807) is 7.11 Å². The lowest BCUT2D eigenvalue weighted by molar-refractivity contribution is 0.0667. The zero-order valence-corrected chi connectivity index (χ0v) is 13.7. The predicted octanol–water partition coefficient (Wildman–Crippen LogP) is 2.27. The van der Waals surface area contributed by atoms with Crippen molar-refractivity contribution in [2.45, 2.75) is 32.4 Å². The Morgan fingerprint density at radius 1 is 1.55 bits per heavy atom. The van der Waals surface area contributed by atoms with Crippen LogP contribution in [-0.2, 0) is 11.3 Å². The Bertz CT molecular complexity index is 652. The fraction of sp³-hybridized carbons (Fsp3) is 0.533. The maximum Gasteiger partial charge on any atom is 0.273 e. The molecule has 7 heteroatoms. The molecule has 0 aliphatic carbocycles. The number of hydrogen-bond acceptors (Lipinski definition) is 5. The van der Waals surface area contributed by atoms with E-state index in [-0.39, 0.29) is 11.9 Å². The van der Waals surface area contributed by atoms with Gasteiger partial charge in [0.2, 0.25) is 0 Å². The lowest BCUT2D eigenvalue weighted by Crippen LogP contribution is -2.41. The first-order chi connectivity index (χ1) is 10.7. The van der Waals surface area contributed by atoms with Crippen molar-refractivity contribution in [1.29, 1.82) is 0 Å². The molecule has 1 fully saturated rings. The molecule has 6 nitrogen and oxygen atoms in total. The molecule has 1 saturated heterocycles. The van der Waals surface area contributed by atoms with Crippen molar-refractivity contribution in [3.8, 4) is 0 Å². The minimum absolute atomic E-state index is 0.00665. The van der Waals surface area contributed by atoms with Gasteiger partial charge in [0.25, 0.3) is 5.91 Å². The van der Waals surface area contributed by atoms with Crippen LogP contribution in [0.2, 0.25) is 0 Å². The zero-order valence-electron chi connectivity index (χ0n) is 12.9. The number of aromatic nitrogens is 3. The Labute approximate surface area is 133 Å². The topological polar surface area (TPSA) is 60.2 Å². The fourth-order valence-electron chi connectivity index (χ4n) is 2.75. The molecule has 1 amide bonds. The first kappa shape index (κ1) is 15.2. The van der Waals surface area contributed by atoms with Crippen molar-refractivity contribution in [2.75, 3.05) is 20.2 Å². The number of nitrogens with zero attached hydrogens (tertiary/aromatic N) is 4. The van der Waals surface area contributed by atoms with Crippen molar-refractivity contribution in [3.05, 3.63) is 34.0 Å². The number of hydrogen-bond donors (Lipinski definition) is 0. The molecule has 2 aromatic heterocycles. The van der Waals surface area contributed by atoms with E-state index in [1.165, 1.54) is 11.3 Å². The summed E-state index contributed by atoms with van der Waals surface area (Å²) in [5.74, 6) is 0.00665. The molecule has 3 rings (SSSR count). The first-order valence-corrected chi connectivity index (χ1v) is 8.28. The highest BCUT2D eigenvalue weighted by molar-refractivity contribution is 7.09. The van der Waals surface area contributed by atoms with Gasteiger partial charge in [-0.2, -0.15) is 5.10 Å². The third kappa shape index (κ3) is 3.20. The molecule has 0 bridgehead atoms. The van der Waals surface area contributed by atoms with Crippen molar-refractivity contribution in [1.82, 2.24) is 19.7 Å². The van der Waals surface area contributed by atoms with Crippen LogP contribution < -0.4 is 0 Å². The molecule has 2 aromatic rings. The number of amides is 1. The Hall–Kier alpha value is -1.73. The Kier molecular flexibility index (Phi) is 4.54. The highest BCUT2D eigenvalue weighted by atomic mass is 32.1. The summed E-state index contributed by atoms with van der Waals surface area (Å²) in [7, 11) is 1.63. The quantitative estimate of drug-likeness (QED) is 0.867. The van der Waals surface area contributed by atoms with E-state index >= 15 is 0 Å². The van der Waals surface area contributed by atoms with Gasteiger partial charge in [-0.15, -0.1) is 11.3 Å². The molecule has 0 spiro atoms. The highest BCUT2D eigenvalue weighted by Gasteiger charge is 2.27. The maximum absolute atomic E-state index is 12.6. The first-order valence-electron chi connectivity index (χ1n) is 7.40. The smallest absolute Gasteiger partial charge is 0.273 e.